The lowest BCUT2D eigenvalue weighted by atomic mass is 10.1. The smallest absolute Gasteiger partial charge is 0.259 e. The van der Waals surface area contributed by atoms with Gasteiger partial charge in [0.2, 0.25) is 0 Å². The van der Waals surface area contributed by atoms with Crippen LogP contribution in [-0.2, 0) is 4.74 Å². The van der Waals surface area contributed by atoms with Gasteiger partial charge in [0.25, 0.3) is 5.56 Å². The molecule has 2 aromatic heterocycles. The van der Waals surface area contributed by atoms with Gasteiger partial charge in [0, 0.05) is 18.0 Å². The summed E-state index contributed by atoms with van der Waals surface area (Å²) >= 11 is 1.60. The van der Waals surface area contributed by atoms with E-state index < -0.39 is 0 Å². The molecule has 0 saturated carbocycles. The van der Waals surface area contributed by atoms with Crippen LogP contribution in [0.4, 0.5) is 0 Å². The topological polar surface area (TPSA) is 58.2 Å². The molecule has 2 aromatic rings. The molecule has 1 saturated heterocycles. The van der Waals surface area contributed by atoms with Gasteiger partial charge >= 0.3 is 0 Å². The molecule has 1 fully saturated rings. The molecule has 0 radical (unpaired) electrons. The van der Waals surface area contributed by atoms with E-state index in [9.17, 15) is 4.79 Å². The molecule has 0 aliphatic carbocycles. The van der Waals surface area contributed by atoms with Crippen molar-refractivity contribution >= 4 is 21.6 Å². The fourth-order valence-electron chi connectivity index (χ4n) is 2.98. The number of rotatable bonds is 3. The van der Waals surface area contributed by atoms with Crippen LogP contribution < -0.4 is 5.56 Å². The first-order chi connectivity index (χ1) is 10.5. The highest BCUT2D eigenvalue weighted by molar-refractivity contribution is 7.18. The number of aryl methyl sites for hydroxylation is 2. The number of ether oxygens (including phenoxy) is 1. The predicted molar refractivity (Wildman–Crippen MR) is 89.7 cm³/mol. The second-order valence-electron chi connectivity index (χ2n) is 5.99. The lowest BCUT2D eigenvalue weighted by molar-refractivity contribution is -0.0435. The van der Waals surface area contributed by atoms with Crippen LogP contribution in [0.1, 0.15) is 42.6 Å². The number of hydrogen-bond acceptors (Lipinski definition) is 5. The summed E-state index contributed by atoms with van der Waals surface area (Å²) in [7, 11) is 0. The van der Waals surface area contributed by atoms with Gasteiger partial charge in [-0.3, -0.25) is 9.69 Å². The molecule has 2 atom stereocenters. The Kier molecular flexibility index (Phi) is 4.34. The minimum Gasteiger partial charge on any atom is -0.376 e. The van der Waals surface area contributed by atoms with Crippen molar-refractivity contribution in [3.63, 3.8) is 0 Å². The number of hydrogen-bond donors (Lipinski definition) is 1. The molecular weight excluding hydrogens is 298 g/mol. The zero-order valence-electron chi connectivity index (χ0n) is 13.6. The van der Waals surface area contributed by atoms with E-state index in [4.69, 9.17) is 9.72 Å². The molecule has 1 aliphatic rings. The highest BCUT2D eigenvalue weighted by Gasteiger charge is 2.26. The van der Waals surface area contributed by atoms with Crippen LogP contribution in [0.25, 0.3) is 10.2 Å². The van der Waals surface area contributed by atoms with Crippen LogP contribution in [0.5, 0.6) is 0 Å². The Morgan fingerprint density at radius 2 is 2.27 bits per heavy atom. The van der Waals surface area contributed by atoms with Crippen molar-refractivity contribution in [2.45, 2.75) is 46.3 Å². The van der Waals surface area contributed by atoms with E-state index in [2.05, 4.69) is 23.7 Å². The molecule has 3 rings (SSSR count). The maximum absolute atomic E-state index is 12.4. The van der Waals surface area contributed by atoms with Crippen molar-refractivity contribution in [2.75, 3.05) is 19.7 Å². The first kappa shape index (κ1) is 15.6. The molecule has 22 heavy (non-hydrogen) atoms. The summed E-state index contributed by atoms with van der Waals surface area (Å²) in [6.07, 6.45) is 1.29. The second kappa shape index (κ2) is 6.10. The minimum atomic E-state index is -0.0194. The molecule has 0 aromatic carbocycles. The van der Waals surface area contributed by atoms with Gasteiger partial charge in [0.05, 0.1) is 24.1 Å². The van der Waals surface area contributed by atoms with Gasteiger partial charge in [-0.1, -0.05) is 6.92 Å². The number of thiophene rings is 1. The first-order valence-corrected chi connectivity index (χ1v) is 8.68. The SMILES string of the molecule is CC[C@H]1CN([C@H](C)c2nc3sc(C)c(C)c3c(=O)[nH]2)CCO1. The highest BCUT2D eigenvalue weighted by Crippen LogP contribution is 2.28. The molecule has 0 amide bonds. The molecule has 5 nitrogen and oxygen atoms in total. The van der Waals surface area contributed by atoms with Crippen LogP contribution in [0, 0.1) is 13.8 Å². The number of aromatic amines is 1. The summed E-state index contributed by atoms with van der Waals surface area (Å²) in [6, 6.07) is 0.0952. The summed E-state index contributed by atoms with van der Waals surface area (Å²) in [5.41, 5.74) is 1.03. The average molecular weight is 321 g/mol. The predicted octanol–water partition coefficient (Wildman–Crippen LogP) is 2.77. The van der Waals surface area contributed by atoms with Gasteiger partial charge in [-0.05, 0) is 32.8 Å². The lowest BCUT2D eigenvalue weighted by Gasteiger charge is -2.36. The molecule has 0 bridgehead atoms. The molecule has 3 heterocycles. The van der Waals surface area contributed by atoms with Crippen LogP contribution in [0.2, 0.25) is 0 Å². The fraction of sp³-hybridized carbons (Fsp3) is 0.625. The van der Waals surface area contributed by atoms with Crippen molar-refractivity contribution in [1.29, 1.82) is 0 Å². The second-order valence-corrected chi connectivity index (χ2v) is 7.19. The Balaban J connectivity index is 1.94. The van der Waals surface area contributed by atoms with E-state index in [-0.39, 0.29) is 17.7 Å². The summed E-state index contributed by atoms with van der Waals surface area (Å²) in [4.78, 5) is 24.5. The van der Waals surface area contributed by atoms with Crippen LogP contribution in [0.15, 0.2) is 4.79 Å². The number of aromatic nitrogens is 2. The summed E-state index contributed by atoms with van der Waals surface area (Å²) in [5, 5.41) is 0.742. The maximum Gasteiger partial charge on any atom is 0.259 e. The van der Waals surface area contributed by atoms with Crippen molar-refractivity contribution in [3.05, 3.63) is 26.6 Å². The Hall–Kier alpha value is -1.24. The van der Waals surface area contributed by atoms with Crippen molar-refractivity contribution in [1.82, 2.24) is 14.9 Å². The van der Waals surface area contributed by atoms with Crippen molar-refractivity contribution < 1.29 is 4.74 Å². The number of morpholine rings is 1. The lowest BCUT2D eigenvalue weighted by Crippen LogP contribution is -2.43. The van der Waals surface area contributed by atoms with Crippen molar-refractivity contribution in [2.24, 2.45) is 0 Å². The van der Waals surface area contributed by atoms with E-state index in [0.717, 1.165) is 52.6 Å². The highest BCUT2D eigenvalue weighted by atomic mass is 32.1. The third-order valence-corrected chi connectivity index (χ3v) is 5.73. The average Bonchev–Trinajstić information content (AvgIpc) is 2.81. The van der Waals surface area contributed by atoms with Gasteiger partial charge in [-0.25, -0.2) is 4.98 Å². The van der Waals surface area contributed by atoms with E-state index >= 15 is 0 Å². The molecule has 0 unspecified atom stereocenters. The minimum absolute atomic E-state index is 0.0194. The quantitative estimate of drug-likeness (QED) is 0.944. The summed E-state index contributed by atoms with van der Waals surface area (Å²) in [6.45, 7) is 10.8. The largest absolute Gasteiger partial charge is 0.376 e. The zero-order chi connectivity index (χ0) is 15.9. The maximum atomic E-state index is 12.4. The van der Waals surface area contributed by atoms with E-state index in [1.54, 1.807) is 11.3 Å². The van der Waals surface area contributed by atoms with Gasteiger partial charge < -0.3 is 9.72 Å². The number of nitrogens with one attached hydrogen (secondary N) is 1. The van der Waals surface area contributed by atoms with Gasteiger partial charge in [-0.15, -0.1) is 11.3 Å². The van der Waals surface area contributed by atoms with Gasteiger partial charge in [-0.2, -0.15) is 0 Å². The Morgan fingerprint density at radius 3 is 3.00 bits per heavy atom. The molecule has 0 spiro atoms. The Morgan fingerprint density at radius 1 is 1.50 bits per heavy atom. The fourth-order valence-corrected chi connectivity index (χ4v) is 4.02. The first-order valence-electron chi connectivity index (χ1n) is 7.86. The van der Waals surface area contributed by atoms with E-state index in [1.165, 1.54) is 0 Å². The summed E-state index contributed by atoms with van der Waals surface area (Å²) in [5.74, 6) is 0.760. The number of H-pyrrole nitrogens is 1. The number of nitrogens with zero attached hydrogens (tertiary/aromatic N) is 2. The van der Waals surface area contributed by atoms with Crippen molar-refractivity contribution in [3.8, 4) is 0 Å². The van der Waals surface area contributed by atoms with Gasteiger partial charge in [0.15, 0.2) is 0 Å². The molecular formula is C16H23N3O2S. The third kappa shape index (κ3) is 2.71. The molecule has 6 heteroatoms. The Bertz CT molecular complexity index is 737. The standard InChI is InChI=1S/C16H23N3O2S/c1-5-12-8-19(6-7-21-12)10(3)14-17-15(20)13-9(2)11(4)22-16(13)18-14/h10,12H,5-8H2,1-4H3,(H,17,18,20)/t10-,12+/m1/s1. The zero-order valence-corrected chi connectivity index (χ0v) is 14.4. The molecule has 120 valence electrons. The Labute approximate surface area is 134 Å². The van der Waals surface area contributed by atoms with Crippen LogP contribution >= 0.6 is 11.3 Å². The van der Waals surface area contributed by atoms with E-state index in [1.807, 2.05) is 13.8 Å². The number of fused-ring (bicyclic) bond motifs is 1. The molecule has 1 aliphatic heterocycles. The van der Waals surface area contributed by atoms with Crippen LogP contribution in [-0.4, -0.2) is 40.7 Å². The normalized spacial score (nSPS) is 21.4. The third-order valence-electron chi connectivity index (χ3n) is 4.63. The summed E-state index contributed by atoms with van der Waals surface area (Å²) < 4.78 is 5.72. The van der Waals surface area contributed by atoms with Crippen LogP contribution in [0.3, 0.4) is 0 Å². The van der Waals surface area contributed by atoms with E-state index in [0.29, 0.717) is 0 Å². The van der Waals surface area contributed by atoms with Gasteiger partial charge in [0.1, 0.15) is 10.7 Å². The monoisotopic (exact) mass is 321 g/mol. The molecule has 1 N–H and O–H groups in total.